The maximum absolute atomic E-state index is 11.0. The number of pyridine rings is 1. The van der Waals surface area contributed by atoms with E-state index in [-0.39, 0.29) is 5.78 Å². The molecule has 0 radical (unpaired) electrons. The molecule has 0 spiro atoms. The number of carbonyl (C=O) groups excluding carboxylic acids is 1. The van der Waals surface area contributed by atoms with Gasteiger partial charge in [0, 0.05) is 31.2 Å². The first-order chi connectivity index (χ1) is 7.75. The zero-order valence-corrected chi connectivity index (χ0v) is 9.62. The topological polar surface area (TPSA) is 54.9 Å². The fraction of sp³-hybridized carbons (Fsp3) is 0.182. The molecule has 2 aromatic rings. The van der Waals surface area contributed by atoms with Gasteiger partial charge in [-0.15, -0.1) is 11.3 Å². The molecule has 0 amide bonds. The molecule has 82 valence electrons. The summed E-state index contributed by atoms with van der Waals surface area (Å²) in [5.74, 6) is -0.00863. The molecule has 0 fully saturated rings. The minimum absolute atomic E-state index is 0.00863. The highest BCUT2D eigenvalue weighted by Crippen LogP contribution is 2.16. The average molecular weight is 233 g/mol. The van der Waals surface area contributed by atoms with Crippen molar-refractivity contribution < 1.29 is 4.79 Å². The molecule has 5 heteroatoms. The van der Waals surface area contributed by atoms with Gasteiger partial charge in [0.1, 0.15) is 5.69 Å². The first-order valence-corrected chi connectivity index (χ1v) is 5.73. The van der Waals surface area contributed by atoms with E-state index in [0.717, 1.165) is 10.7 Å². The second kappa shape index (κ2) is 4.85. The van der Waals surface area contributed by atoms with Crippen molar-refractivity contribution >= 4 is 22.3 Å². The Bertz CT molecular complexity index is 481. The van der Waals surface area contributed by atoms with Crippen molar-refractivity contribution in [3.05, 3.63) is 41.2 Å². The summed E-state index contributed by atoms with van der Waals surface area (Å²) in [6, 6.07) is 3.87. The number of Topliss-reactive ketones (excluding diaryl/α,β-unsaturated/α-hetero) is 1. The van der Waals surface area contributed by atoms with E-state index in [4.69, 9.17) is 0 Å². The maximum atomic E-state index is 11.0. The normalized spacial score (nSPS) is 10.1. The van der Waals surface area contributed by atoms with E-state index in [9.17, 15) is 4.79 Å². The Morgan fingerprint density at radius 3 is 3.06 bits per heavy atom. The predicted octanol–water partition coefficient (Wildman–Crippen LogP) is 2.35. The molecular formula is C11H11N3OS. The number of thiazole rings is 1. The van der Waals surface area contributed by atoms with Gasteiger partial charge < -0.3 is 5.32 Å². The molecule has 2 aromatic heterocycles. The second-order valence-electron chi connectivity index (χ2n) is 3.31. The Hall–Kier alpha value is -1.75. The van der Waals surface area contributed by atoms with Gasteiger partial charge in [0.2, 0.25) is 0 Å². The Labute approximate surface area is 97.4 Å². The summed E-state index contributed by atoms with van der Waals surface area (Å²) >= 11 is 1.43. The van der Waals surface area contributed by atoms with Gasteiger partial charge in [-0.25, -0.2) is 4.98 Å². The van der Waals surface area contributed by atoms with E-state index in [1.54, 1.807) is 17.8 Å². The molecule has 0 aliphatic heterocycles. The summed E-state index contributed by atoms with van der Waals surface area (Å²) in [7, 11) is 0. The minimum atomic E-state index is -0.00863. The molecule has 0 aliphatic carbocycles. The maximum Gasteiger partial charge on any atom is 0.183 e. The quantitative estimate of drug-likeness (QED) is 0.824. The summed E-state index contributed by atoms with van der Waals surface area (Å²) in [5.41, 5.74) is 1.60. The van der Waals surface area contributed by atoms with Crippen LogP contribution in [-0.4, -0.2) is 15.8 Å². The largest absolute Gasteiger partial charge is 0.357 e. The van der Waals surface area contributed by atoms with Gasteiger partial charge in [-0.2, -0.15) is 0 Å². The smallest absolute Gasteiger partial charge is 0.183 e. The van der Waals surface area contributed by atoms with Crippen LogP contribution in [0.15, 0.2) is 29.9 Å². The third kappa shape index (κ3) is 2.64. The lowest BCUT2D eigenvalue weighted by molar-refractivity contribution is 0.101. The van der Waals surface area contributed by atoms with Gasteiger partial charge in [-0.05, 0) is 11.6 Å². The minimum Gasteiger partial charge on any atom is -0.357 e. The fourth-order valence-electron chi connectivity index (χ4n) is 1.20. The summed E-state index contributed by atoms with van der Waals surface area (Å²) in [4.78, 5) is 19.2. The van der Waals surface area contributed by atoms with Crippen molar-refractivity contribution in [1.29, 1.82) is 0 Å². The SMILES string of the molecule is CC(=O)c1csc(NCc2cccnc2)n1. The zero-order valence-electron chi connectivity index (χ0n) is 8.80. The van der Waals surface area contributed by atoms with Crippen molar-refractivity contribution in [3.63, 3.8) is 0 Å². The van der Waals surface area contributed by atoms with E-state index >= 15 is 0 Å². The van der Waals surface area contributed by atoms with Crippen molar-refractivity contribution in [3.8, 4) is 0 Å². The van der Waals surface area contributed by atoms with Crippen LogP contribution in [0.1, 0.15) is 23.0 Å². The van der Waals surface area contributed by atoms with Gasteiger partial charge in [-0.3, -0.25) is 9.78 Å². The van der Waals surface area contributed by atoms with E-state index < -0.39 is 0 Å². The highest BCUT2D eigenvalue weighted by molar-refractivity contribution is 7.13. The average Bonchev–Trinajstić information content (AvgIpc) is 2.76. The molecule has 0 aliphatic rings. The van der Waals surface area contributed by atoms with E-state index in [1.807, 2.05) is 12.1 Å². The van der Waals surface area contributed by atoms with Crippen molar-refractivity contribution in [2.75, 3.05) is 5.32 Å². The van der Waals surface area contributed by atoms with Crippen LogP contribution in [0.4, 0.5) is 5.13 Å². The Morgan fingerprint density at radius 2 is 2.44 bits per heavy atom. The first kappa shape index (κ1) is 10.8. The number of anilines is 1. The molecule has 2 rings (SSSR count). The molecule has 2 heterocycles. The van der Waals surface area contributed by atoms with E-state index in [2.05, 4.69) is 15.3 Å². The van der Waals surface area contributed by atoms with Crippen LogP contribution < -0.4 is 5.32 Å². The number of hydrogen-bond donors (Lipinski definition) is 1. The number of aromatic nitrogens is 2. The zero-order chi connectivity index (χ0) is 11.4. The Morgan fingerprint density at radius 1 is 1.56 bits per heavy atom. The van der Waals surface area contributed by atoms with Crippen LogP contribution in [0.5, 0.6) is 0 Å². The highest BCUT2D eigenvalue weighted by Gasteiger charge is 2.05. The lowest BCUT2D eigenvalue weighted by atomic mass is 10.3. The molecule has 4 nitrogen and oxygen atoms in total. The van der Waals surface area contributed by atoms with Crippen molar-refractivity contribution in [2.24, 2.45) is 0 Å². The van der Waals surface area contributed by atoms with Gasteiger partial charge >= 0.3 is 0 Å². The summed E-state index contributed by atoms with van der Waals surface area (Å²) in [6.07, 6.45) is 3.53. The second-order valence-corrected chi connectivity index (χ2v) is 4.17. The molecule has 0 atom stereocenters. The molecule has 0 saturated carbocycles. The molecule has 0 unspecified atom stereocenters. The monoisotopic (exact) mass is 233 g/mol. The van der Waals surface area contributed by atoms with Crippen LogP contribution in [0.25, 0.3) is 0 Å². The number of nitrogens with zero attached hydrogens (tertiary/aromatic N) is 2. The summed E-state index contributed by atoms with van der Waals surface area (Å²) < 4.78 is 0. The molecule has 0 saturated heterocycles. The fourth-order valence-corrected chi connectivity index (χ4v) is 1.95. The van der Waals surface area contributed by atoms with Crippen molar-refractivity contribution in [2.45, 2.75) is 13.5 Å². The summed E-state index contributed by atoms with van der Waals surface area (Å²) in [5, 5.41) is 5.67. The predicted molar refractivity (Wildman–Crippen MR) is 63.7 cm³/mol. The number of hydrogen-bond acceptors (Lipinski definition) is 5. The third-order valence-electron chi connectivity index (χ3n) is 2.03. The van der Waals surface area contributed by atoms with Crippen LogP contribution in [0, 0.1) is 0 Å². The van der Waals surface area contributed by atoms with Gasteiger partial charge in [0.25, 0.3) is 0 Å². The molecule has 0 bridgehead atoms. The molecular weight excluding hydrogens is 222 g/mol. The number of carbonyl (C=O) groups is 1. The standard InChI is InChI=1S/C11H11N3OS/c1-8(15)10-7-16-11(14-10)13-6-9-3-2-4-12-5-9/h2-5,7H,6H2,1H3,(H,13,14). The van der Waals surface area contributed by atoms with Crippen LogP contribution in [-0.2, 0) is 6.54 Å². The van der Waals surface area contributed by atoms with Crippen LogP contribution in [0.3, 0.4) is 0 Å². The molecule has 16 heavy (non-hydrogen) atoms. The van der Waals surface area contributed by atoms with E-state index in [0.29, 0.717) is 12.2 Å². The van der Waals surface area contributed by atoms with Gasteiger partial charge in [0.15, 0.2) is 10.9 Å². The van der Waals surface area contributed by atoms with Gasteiger partial charge in [-0.1, -0.05) is 6.07 Å². The Kier molecular flexibility index (Phi) is 3.26. The Balaban J connectivity index is 1.97. The van der Waals surface area contributed by atoms with E-state index in [1.165, 1.54) is 18.3 Å². The molecule has 1 N–H and O–H groups in total. The summed E-state index contributed by atoms with van der Waals surface area (Å²) in [6.45, 7) is 2.18. The third-order valence-corrected chi connectivity index (χ3v) is 2.83. The number of nitrogens with one attached hydrogen (secondary N) is 1. The van der Waals surface area contributed by atoms with Crippen molar-refractivity contribution in [1.82, 2.24) is 9.97 Å². The lowest BCUT2D eigenvalue weighted by Gasteiger charge is -2.01. The molecule has 0 aromatic carbocycles. The number of ketones is 1. The van der Waals surface area contributed by atoms with Crippen LogP contribution in [0.2, 0.25) is 0 Å². The highest BCUT2D eigenvalue weighted by atomic mass is 32.1. The lowest BCUT2D eigenvalue weighted by Crippen LogP contribution is -2.00. The van der Waals surface area contributed by atoms with Crippen LogP contribution >= 0.6 is 11.3 Å². The van der Waals surface area contributed by atoms with Gasteiger partial charge in [0.05, 0.1) is 0 Å². The first-order valence-electron chi connectivity index (χ1n) is 4.85. The number of rotatable bonds is 4.